The van der Waals surface area contributed by atoms with Crippen LogP contribution in [0.1, 0.15) is 5.69 Å². The summed E-state index contributed by atoms with van der Waals surface area (Å²) in [6.07, 6.45) is 0. The molecule has 3 nitrogen and oxygen atoms in total. The summed E-state index contributed by atoms with van der Waals surface area (Å²) in [5.74, 6) is 0. The average Bonchev–Trinajstić information content (AvgIpc) is 2.63. The fourth-order valence-corrected chi connectivity index (χ4v) is 2.08. The summed E-state index contributed by atoms with van der Waals surface area (Å²) in [5, 5.41) is 6.93. The van der Waals surface area contributed by atoms with E-state index in [1.807, 2.05) is 23.8 Å². The van der Waals surface area contributed by atoms with Crippen molar-refractivity contribution >= 4 is 11.3 Å². The number of aryl methyl sites for hydroxylation is 2. The van der Waals surface area contributed by atoms with Crippen LogP contribution in [0.4, 0.5) is 0 Å². The van der Waals surface area contributed by atoms with E-state index < -0.39 is 0 Å². The molecule has 0 aliphatic carbocycles. The lowest BCUT2D eigenvalue weighted by atomic mass is 10.1. The van der Waals surface area contributed by atoms with Crippen molar-refractivity contribution in [2.45, 2.75) is 6.92 Å². The zero-order valence-corrected chi connectivity index (χ0v) is 8.31. The Bertz CT molecular complexity index is 464. The first-order valence-corrected chi connectivity index (χ1v) is 4.92. The molecule has 2 aromatic rings. The van der Waals surface area contributed by atoms with E-state index in [2.05, 4.69) is 5.10 Å². The summed E-state index contributed by atoms with van der Waals surface area (Å²) >= 11 is 1.60. The molecule has 0 fully saturated rings. The molecule has 2 rings (SSSR count). The van der Waals surface area contributed by atoms with Crippen LogP contribution < -0.4 is 5.56 Å². The number of thiophene rings is 1. The lowest BCUT2D eigenvalue weighted by Crippen LogP contribution is -2.12. The van der Waals surface area contributed by atoms with Crippen molar-refractivity contribution in [2.24, 2.45) is 7.05 Å². The molecule has 0 amide bonds. The Labute approximate surface area is 79.6 Å². The van der Waals surface area contributed by atoms with Gasteiger partial charge in [-0.3, -0.25) is 14.6 Å². The molecule has 68 valence electrons. The van der Waals surface area contributed by atoms with E-state index in [-0.39, 0.29) is 5.56 Å². The van der Waals surface area contributed by atoms with Gasteiger partial charge in [0.25, 0.3) is 5.56 Å². The van der Waals surface area contributed by atoms with Crippen LogP contribution in [0.3, 0.4) is 0 Å². The molecule has 0 bridgehead atoms. The first-order chi connectivity index (χ1) is 6.20. The summed E-state index contributed by atoms with van der Waals surface area (Å²) in [4.78, 5) is 11.6. The van der Waals surface area contributed by atoms with Gasteiger partial charge < -0.3 is 0 Å². The molecule has 0 spiro atoms. The first-order valence-electron chi connectivity index (χ1n) is 3.98. The SMILES string of the molecule is Cc1[nH]n(C)c(=O)c1-c1ccsc1. The number of hydrogen-bond donors (Lipinski definition) is 1. The highest BCUT2D eigenvalue weighted by Crippen LogP contribution is 2.20. The molecular weight excluding hydrogens is 184 g/mol. The minimum absolute atomic E-state index is 0.0379. The highest BCUT2D eigenvalue weighted by Gasteiger charge is 2.10. The summed E-state index contributed by atoms with van der Waals surface area (Å²) in [5.41, 5.74) is 2.75. The van der Waals surface area contributed by atoms with Gasteiger partial charge >= 0.3 is 0 Å². The number of rotatable bonds is 1. The van der Waals surface area contributed by atoms with Gasteiger partial charge in [-0.05, 0) is 29.3 Å². The second-order valence-corrected chi connectivity index (χ2v) is 3.77. The van der Waals surface area contributed by atoms with Crippen molar-refractivity contribution in [1.82, 2.24) is 9.78 Å². The molecule has 4 heteroatoms. The zero-order chi connectivity index (χ0) is 9.42. The van der Waals surface area contributed by atoms with Gasteiger partial charge in [-0.2, -0.15) is 11.3 Å². The molecule has 2 aromatic heterocycles. The summed E-state index contributed by atoms with van der Waals surface area (Å²) < 4.78 is 1.50. The largest absolute Gasteiger partial charge is 0.300 e. The third-order valence-corrected chi connectivity index (χ3v) is 2.72. The van der Waals surface area contributed by atoms with E-state index in [9.17, 15) is 4.79 Å². The molecule has 0 saturated heterocycles. The van der Waals surface area contributed by atoms with Gasteiger partial charge in [-0.25, -0.2) is 0 Å². The molecule has 0 aliphatic heterocycles. The standard InChI is InChI=1S/C9H10N2OS/c1-6-8(7-3-4-13-5-7)9(12)11(2)10-6/h3-5,10H,1-2H3. The number of nitrogens with one attached hydrogen (secondary N) is 1. The van der Waals surface area contributed by atoms with E-state index in [1.54, 1.807) is 18.4 Å². The van der Waals surface area contributed by atoms with Gasteiger partial charge in [0, 0.05) is 12.7 Å². The Morgan fingerprint density at radius 2 is 2.31 bits per heavy atom. The predicted molar refractivity (Wildman–Crippen MR) is 54.1 cm³/mol. The van der Waals surface area contributed by atoms with E-state index in [1.165, 1.54) is 4.68 Å². The third kappa shape index (κ3) is 1.23. The molecule has 0 atom stereocenters. The van der Waals surface area contributed by atoms with Crippen LogP contribution in [0.2, 0.25) is 0 Å². The van der Waals surface area contributed by atoms with Crippen LogP contribution in [0.25, 0.3) is 11.1 Å². The van der Waals surface area contributed by atoms with Crippen molar-refractivity contribution in [1.29, 1.82) is 0 Å². The Balaban J connectivity index is 2.71. The highest BCUT2D eigenvalue weighted by molar-refractivity contribution is 7.08. The highest BCUT2D eigenvalue weighted by atomic mass is 32.1. The van der Waals surface area contributed by atoms with Gasteiger partial charge in [0.15, 0.2) is 0 Å². The van der Waals surface area contributed by atoms with Gasteiger partial charge in [0.05, 0.1) is 5.56 Å². The maximum atomic E-state index is 11.6. The van der Waals surface area contributed by atoms with E-state index in [0.29, 0.717) is 0 Å². The van der Waals surface area contributed by atoms with E-state index in [4.69, 9.17) is 0 Å². The zero-order valence-electron chi connectivity index (χ0n) is 7.50. The monoisotopic (exact) mass is 194 g/mol. The second-order valence-electron chi connectivity index (χ2n) is 2.99. The predicted octanol–water partition coefficient (Wildman–Crippen LogP) is 1.75. The molecular formula is C9H10N2OS. The summed E-state index contributed by atoms with van der Waals surface area (Å²) in [6, 6.07) is 1.96. The quantitative estimate of drug-likeness (QED) is 0.738. The van der Waals surface area contributed by atoms with Crippen molar-refractivity contribution < 1.29 is 0 Å². The first kappa shape index (κ1) is 8.31. The fourth-order valence-electron chi connectivity index (χ4n) is 1.43. The number of aromatic amines is 1. The number of H-pyrrole nitrogens is 1. The van der Waals surface area contributed by atoms with Gasteiger partial charge in [0.2, 0.25) is 0 Å². The fraction of sp³-hybridized carbons (Fsp3) is 0.222. The number of aromatic nitrogens is 2. The molecule has 2 heterocycles. The molecule has 0 aromatic carbocycles. The molecule has 13 heavy (non-hydrogen) atoms. The lowest BCUT2D eigenvalue weighted by molar-refractivity contribution is 0.731. The average molecular weight is 194 g/mol. The molecule has 0 aliphatic rings. The normalized spacial score (nSPS) is 10.6. The smallest absolute Gasteiger partial charge is 0.274 e. The van der Waals surface area contributed by atoms with Crippen LogP contribution in [-0.2, 0) is 7.05 Å². The Kier molecular flexibility index (Phi) is 1.84. The lowest BCUT2D eigenvalue weighted by Gasteiger charge is -1.89. The minimum atomic E-state index is 0.0379. The molecule has 1 N–H and O–H groups in total. The maximum Gasteiger partial charge on any atom is 0.274 e. The minimum Gasteiger partial charge on any atom is -0.300 e. The maximum absolute atomic E-state index is 11.6. The van der Waals surface area contributed by atoms with E-state index >= 15 is 0 Å². The Hall–Kier alpha value is -1.29. The van der Waals surface area contributed by atoms with Crippen LogP contribution in [0, 0.1) is 6.92 Å². The van der Waals surface area contributed by atoms with Crippen molar-refractivity contribution in [2.75, 3.05) is 0 Å². The second kappa shape index (κ2) is 2.88. The van der Waals surface area contributed by atoms with Crippen LogP contribution in [0.15, 0.2) is 21.6 Å². The molecule has 0 unspecified atom stereocenters. The molecule has 0 saturated carbocycles. The van der Waals surface area contributed by atoms with Gasteiger partial charge in [0.1, 0.15) is 0 Å². The van der Waals surface area contributed by atoms with Crippen LogP contribution in [0.5, 0.6) is 0 Å². The van der Waals surface area contributed by atoms with Crippen molar-refractivity contribution in [3.8, 4) is 11.1 Å². The topological polar surface area (TPSA) is 37.8 Å². The third-order valence-electron chi connectivity index (χ3n) is 2.04. The van der Waals surface area contributed by atoms with Crippen LogP contribution in [-0.4, -0.2) is 9.78 Å². The van der Waals surface area contributed by atoms with Crippen molar-refractivity contribution in [3.05, 3.63) is 32.9 Å². The van der Waals surface area contributed by atoms with Crippen LogP contribution >= 0.6 is 11.3 Å². The Morgan fingerprint density at radius 1 is 1.54 bits per heavy atom. The van der Waals surface area contributed by atoms with Gasteiger partial charge in [-0.1, -0.05) is 0 Å². The summed E-state index contributed by atoms with van der Waals surface area (Å²) in [7, 11) is 1.73. The van der Waals surface area contributed by atoms with Gasteiger partial charge in [-0.15, -0.1) is 0 Å². The Morgan fingerprint density at radius 3 is 2.77 bits per heavy atom. The van der Waals surface area contributed by atoms with Crippen molar-refractivity contribution in [3.63, 3.8) is 0 Å². The summed E-state index contributed by atoms with van der Waals surface area (Å²) in [6.45, 7) is 1.91. The molecule has 0 radical (unpaired) electrons. The number of hydrogen-bond acceptors (Lipinski definition) is 2. The number of nitrogens with zero attached hydrogens (tertiary/aromatic N) is 1. The van der Waals surface area contributed by atoms with E-state index in [0.717, 1.165) is 16.8 Å².